The summed E-state index contributed by atoms with van der Waals surface area (Å²) in [7, 11) is 1.60. The number of thiocarbonyl (C=S) groups is 1. The van der Waals surface area contributed by atoms with Gasteiger partial charge in [-0.25, -0.2) is 0 Å². The van der Waals surface area contributed by atoms with E-state index in [0.717, 1.165) is 0 Å². The molecule has 1 aromatic carbocycles. The number of anilines is 1. The summed E-state index contributed by atoms with van der Waals surface area (Å²) >= 11 is 4.86. The molecule has 1 aromatic heterocycles. The number of phenols is 2. The zero-order valence-electron chi connectivity index (χ0n) is 10.5. The minimum atomic E-state index is -0.693. The van der Waals surface area contributed by atoms with Crippen LogP contribution in [0.25, 0.3) is 0 Å². The van der Waals surface area contributed by atoms with Gasteiger partial charge >= 0.3 is 0 Å². The fourth-order valence-electron chi connectivity index (χ4n) is 1.70. The van der Waals surface area contributed by atoms with Crippen molar-refractivity contribution in [1.82, 2.24) is 9.78 Å². The first-order chi connectivity index (χ1) is 9.41. The van der Waals surface area contributed by atoms with Gasteiger partial charge in [-0.05, 0) is 12.1 Å². The summed E-state index contributed by atoms with van der Waals surface area (Å²) in [5, 5.41) is 25.7. The van der Waals surface area contributed by atoms with Gasteiger partial charge in [0.25, 0.3) is 5.91 Å². The first-order valence-electron chi connectivity index (χ1n) is 5.56. The number of aromatic nitrogens is 2. The molecule has 1 amide bonds. The number of rotatable bonds is 3. The summed E-state index contributed by atoms with van der Waals surface area (Å²) in [5.41, 5.74) is 5.69. The lowest BCUT2D eigenvalue weighted by Crippen LogP contribution is -2.19. The molecule has 8 heteroatoms. The average Bonchev–Trinajstić information content (AvgIpc) is 2.71. The van der Waals surface area contributed by atoms with Crippen LogP contribution in [0.1, 0.15) is 15.9 Å². The highest BCUT2D eigenvalue weighted by molar-refractivity contribution is 7.80. The first kappa shape index (κ1) is 13.8. The summed E-state index contributed by atoms with van der Waals surface area (Å²) in [6, 6.07) is 4.02. The lowest BCUT2D eigenvalue weighted by Gasteiger charge is -2.10. The Balaban J connectivity index is 2.38. The second kappa shape index (κ2) is 5.17. The minimum Gasteiger partial charge on any atom is -0.507 e. The van der Waals surface area contributed by atoms with Gasteiger partial charge in [0.1, 0.15) is 27.9 Å². The van der Waals surface area contributed by atoms with Crippen LogP contribution in [-0.4, -0.2) is 30.9 Å². The van der Waals surface area contributed by atoms with Crippen LogP contribution in [0.15, 0.2) is 24.4 Å². The van der Waals surface area contributed by atoms with Gasteiger partial charge in [0.2, 0.25) is 0 Å². The molecule has 0 unspecified atom stereocenters. The van der Waals surface area contributed by atoms with Crippen molar-refractivity contribution in [3.63, 3.8) is 0 Å². The Bertz CT molecular complexity index is 676. The van der Waals surface area contributed by atoms with Crippen LogP contribution in [0.2, 0.25) is 0 Å². The Labute approximate surface area is 119 Å². The molecule has 0 saturated heterocycles. The molecule has 0 atom stereocenters. The number of hydrogen-bond donors (Lipinski definition) is 4. The van der Waals surface area contributed by atoms with Gasteiger partial charge in [-0.1, -0.05) is 18.3 Å². The molecule has 2 rings (SSSR count). The van der Waals surface area contributed by atoms with Crippen LogP contribution in [0.3, 0.4) is 0 Å². The van der Waals surface area contributed by atoms with Crippen LogP contribution in [0, 0.1) is 0 Å². The zero-order chi connectivity index (χ0) is 14.9. The Morgan fingerprint density at radius 2 is 2.00 bits per heavy atom. The van der Waals surface area contributed by atoms with Crippen molar-refractivity contribution < 1.29 is 15.0 Å². The van der Waals surface area contributed by atoms with E-state index in [-0.39, 0.29) is 27.9 Å². The Morgan fingerprint density at radius 3 is 2.55 bits per heavy atom. The highest BCUT2D eigenvalue weighted by atomic mass is 32.1. The molecule has 0 aliphatic carbocycles. The number of nitrogens with one attached hydrogen (secondary N) is 1. The van der Waals surface area contributed by atoms with Crippen molar-refractivity contribution in [3.05, 3.63) is 35.5 Å². The van der Waals surface area contributed by atoms with Crippen molar-refractivity contribution >= 4 is 28.9 Å². The third kappa shape index (κ3) is 2.41. The van der Waals surface area contributed by atoms with Crippen LogP contribution >= 0.6 is 12.2 Å². The maximum atomic E-state index is 12.1. The normalized spacial score (nSPS) is 10.2. The third-order valence-electron chi connectivity index (χ3n) is 2.68. The molecular formula is C12H12N4O3S. The minimum absolute atomic E-state index is 0.0786. The zero-order valence-corrected chi connectivity index (χ0v) is 11.3. The van der Waals surface area contributed by atoms with Crippen molar-refractivity contribution in [2.75, 3.05) is 5.32 Å². The molecule has 0 fully saturated rings. The predicted molar refractivity (Wildman–Crippen MR) is 76.8 cm³/mol. The highest BCUT2D eigenvalue weighted by Gasteiger charge is 2.20. The number of carbonyl (C=O) groups excluding carboxylic acids is 1. The second-order valence-electron chi connectivity index (χ2n) is 4.02. The van der Waals surface area contributed by atoms with Crippen LogP contribution in [-0.2, 0) is 7.05 Å². The van der Waals surface area contributed by atoms with E-state index >= 15 is 0 Å². The van der Waals surface area contributed by atoms with Crippen molar-refractivity contribution in [2.45, 2.75) is 0 Å². The topological polar surface area (TPSA) is 113 Å². The Kier molecular flexibility index (Phi) is 3.57. The number of carbonyl (C=O) groups is 1. The lowest BCUT2D eigenvalue weighted by atomic mass is 10.1. The van der Waals surface area contributed by atoms with Gasteiger partial charge in [0, 0.05) is 7.05 Å². The molecule has 0 bridgehead atoms. The summed E-state index contributed by atoms with van der Waals surface area (Å²) in [6.45, 7) is 0. The molecule has 104 valence electrons. The maximum absolute atomic E-state index is 12.1. The Morgan fingerprint density at radius 1 is 1.40 bits per heavy atom. The number of phenolic OH excluding ortho intramolecular Hbond substituents is 2. The van der Waals surface area contributed by atoms with Gasteiger partial charge in [-0.15, -0.1) is 0 Å². The van der Waals surface area contributed by atoms with Crippen molar-refractivity contribution in [2.24, 2.45) is 12.8 Å². The molecule has 20 heavy (non-hydrogen) atoms. The standard InChI is InChI=1S/C12H12N4O3S/c1-16-11(6(5-14-16)10(13)20)15-12(19)9-7(17)3-2-4-8(9)18/h2-5,17-18H,1H3,(H2,13,20)(H,15,19). The Hall–Kier alpha value is -2.61. The number of nitrogens with two attached hydrogens (primary N) is 1. The first-order valence-corrected chi connectivity index (χ1v) is 5.96. The van der Waals surface area contributed by atoms with Gasteiger partial charge in [0.05, 0.1) is 11.8 Å². The number of benzene rings is 1. The van der Waals surface area contributed by atoms with Crippen molar-refractivity contribution in [1.29, 1.82) is 0 Å². The number of amides is 1. The lowest BCUT2D eigenvalue weighted by molar-refractivity contribution is 0.102. The monoisotopic (exact) mass is 292 g/mol. The molecule has 2 aromatic rings. The van der Waals surface area contributed by atoms with Crippen LogP contribution in [0.4, 0.5) is 5.82 Å². The van der Waals surface area contributed by atoms with Gasteiger partial charge in [0.15, 0.2) is 0 Å². The summed E-state index contributed by atoms with van der Waals surface area (Å²) in [4.78, 5) is 12.2. The molecule has 0 aliphatic rings. The largest absolute Gasteiger partial charge is 0.507 e. The fraction of sp³-hybridized carbons (Fsp3) is 0.0833. The molecular weight excluding hydrogens is 280 g/mol. The SMILES string of the molecule is Cn1ncc(C(N)=S)c1NC(=O)c1c(O)cccc1O. The fourth-order valence-corrected chi connectivity index (χ4v) is 1.85. The van der Waals surface area contributed by atoms with E-state index in [1.54, 1.807) is 7.05 Å². The van der Waals surface area contributed by atoms with Gasteiger partial charge in [-0.3, -0.25) is 9.48 Å². The molecule has 0 saturated carbocycles. The van der Waals surface area contributed by atoms with Gasteiger partial charge in [-0.2, -0.15) is 5.10 Å². The second-order valence-corrected chi connectivity index (χ2v) is 4.46. The molecule has 5 N–H and O–H groups in total. The van der Waals surface area contributed by atoms with E-state index < -0.39 is 5.91 Å². The summed E-state index contributed by atoms with van der Waals surface area (Å²) in [5.74, 6) is -1.07. The number of hydrogen-bond acceptors (Lipinski definition) is 5. The van der Waals surface area contributed by atoms with E-state index in [9.17, 15) is 15.0 Å². The summed E-state index contributed by atoms with van der Waals surface area (Å²) < 4.78 is 1.38. The van der Waals surface area contributed by atoms with E-state index in [0.29, 0.717) is 5.56 Å². The number of aromatic hydroxyl groups is 2. The quantitative estimate of drug-likeness (QED) is 0.620. The number of aryl methyl sites for hydroxylation is 1. The molecule has 1 heterocycles. The van der Waals surface area contributed by atoms with Crippen LogP contribution < -0.4 is 11.1 Å². The predicted octanol–water partition coefficient (Wildman–Crippen LogP) is 0.718. The highest BCUT2D eigenvalue weighted by Crippen LogP contribution is 2.27. The van der Waals surface area contributed by atoms with Crippen LogP contribution in [0.5, 0.6) is 11.5 Å². The van der Waals surface area contributed by atoms with E-state index in [1.807, 2.05) is 0 Å². The van der Waals surface area contributed by atoms with E-state index in [1.165, 1.54) is 29.1 Å². The van der Waals surface area contributed by atoms with E-state index in [2.05, 4.69) is 10.4 Å². The number of nitrogens with zero attached hydrogens (tertiary/aromatic N) is 2. The summed E-state index contributed by atoms with van der Waals surface area (Å²) in [6.07, 6.45) is 1.42. The molecule has 7 nitrogen and oxygen atoms in total. The maximum Gasteiger partial charge on any atom is 0.264 e. The van der Waals surface area contributed by atoms with E-state index in [4.69, 9.17) is 18.0 Å². The smallest absolute Gasteiger partial charge is 0.264 e. The third-order valence-corrected chi connectivity index (χ3v) is 2.90. The molecule has 0 aliphatic heterocycles. The van der Waals surface area contributed by atoms with Crippen molar-refractivity contribution in [3.8, 4) is 11.5 Å². The average molecular weight is 292 g/mol. The molecule has 0 spiro atoms. The van der Waals surface area contributed by atoms with Gasteiger partial charge < -0.3 is 21.3 Å². The molecule has 0 radical (unpaired) electrons.